The average molecular weight is 287 g/mol. The van der Waals surface area contributed by atoms with E-state index in [4.69, 9.17) is 4.52 Å². The average Bonchev–Trinajstić information content (AvgIpc) is 2.96. The van der Waals surface area contributed by atoms with Gasteiger partial charge in [-0.2, -0.15) is 0 Å². The number of aromatic nitrogens is 1. The Morgan fingerprint density at radius 1 is 1.37 bits per heavy atom. The molecule has 0 bridgehead atoms. The van der Waals surface area contributed by atoms with Crippen molar-refractivity contribution < 1.29 is 12.9 Å². The van der Waals surface area contributed by atoms with E-state index in [1.165, 1.54) is 12.8 Å². The Bertz CT molecular complexity index is 513. The monoisotopic (exact) mass is 287 g/mol. The van der Waals surface area contributed by atoms with Gasteiger partial charge in [-0.1, -0.05) is 5.16 Å². The zero-order valence-corrected chi connectivity index (χ0v) is 12.5. The zero-order chi connectivity index (χ0) is 14.0. The summed E-state index contributed by atoms with van der Waals surface area (Å²) in [7, 11) is -3.54. The predicted molar refractivity (Wildman–Crippen MR) is 71.4 cm³/mol. The van der Waals surface area contributed by atoms with Crippen molar-refractivity contribution in [2.75, 3.05) is 19.6 Å². The van der Waals surface area contributed by atoms with E-state index in [1.54, 1.807) is 13.8 Å². The van der Waals surface area contributed by atoms with E-state index in [-0.39, 0.29) is 10.9 Å². The number of hydrogen-bond donors (Lipinski definition) is 1. The largest absolute Gasteiger partial charge is 0.360 e. The number of aryl methyl sites for hydroxylation is 2. The topological polar surface area (TPSA) is 75.4 Å². The fourth-order valence-electron chi connectivity index (χ4n) is 2.47. The highest BCUT2D eigenvalue weighted by Crippen LogP contribution is 2.19. The number of likely N-dealkylation sites (tertiary alicyclic amines) is 1. The van der Waals surface area contributed by atoms with Crippen LogP contribution in [0.5, 0.6) is 0 Å². The Balaban J connectivity index is 2.02. The molecule has 0 aromatic carbocycles. The van der Waals surface area contributed by atoms with Crippen molar-refractivity contribution in [1.29, 1.82) is 0 Å². The van der Waals surface area contributed by atoms with Gasteiger partial charge < -0.3 is 4.52 Å². The molecule has 0 radical (unpaired) electrons. The Hall–Kier alpha value is -0.920. The Morgan fingerprint density at radius 2 is 2.00 bits per heavy atom. The van der Waals surface area contributed by atoms with Gasteiger partial charge in [0.25, 0.3) is 0 Å². The van der Waals surface area contributed by atoms with Crippen LogP contribution in [0.4, 0.5) is 0 Å². The highest BCUT2D eigenvalue weighted by molar-refractivity contribution is 7.89. The lowest BCUT2D eigenvalue weighted by molar-refractivity contribution is 0.260. The summed E-state index contributed by atoms with van der Waals surface area (Å²) in [4.78, 5) is 2.47. The molecule has 6 nitrogen and oxygen atoms in total. The van der Waals surface area contributed by atoms with Crippen molar-refractivity contribution in [3.05, 3.63) is 11.5 Å². The first-order chi connectivity index (χ1) is 8.92. The van der Waals surface area contributed by atoms with Gasteiger partial charge in [0.1, 0.15) is 10.6 Å². The second kappa shape index (κ2) is 5.60. The highest BCUT2D eigenvalue weighted by Gasteiger charge is 2.26. The minimum absolute atomic E-state index is 0.168. The normalized spacial score (nSPS) is 18.9. The first kappa shape index (κ1) is 14.5. The van der Waals surface area contributed by atoms with E-state index < -0.39 is 10.0 Å². The molecule has 1 aromatic rings. The molecule has 19 heavy (non-hydrogen) atoms. The van der Waals surface area contributed by atoms with E-state index in [2.05, 4.69) is 14.8 Å². The van der Waals surface area contributed by atoms with Crippen LogP contribution >= 0.6 is 0 Å². The summed E-state index contributed by atoms with van der Waals surface area (Å²) in [5.41, 5.74) is 0.402. The van der Waals surface area contributed by atoms with Crippen LogP contribution in [-0.2, 0) is 10.0 Å². The summed E-state index contributed by atoms with van der Waals surface area (Å²) in [5.74, 6) is 0.332. The van der Waals surface area contributed by atoms with E-state index in [0.29, 0.717) is 18.0 Å². The summed E-state index contributed by atoms with van der Waals surface area (Å²) < 4.78 is 32.0. The first-order valence-corrected chi connectivity index (χ1v) is 8.06. The number of nitrogens with one attached hydrogen (secondary N) is 1. The van der Waals surface area contributed by atoms with Crippen molar-refractivity contribution in [2.45, 2.75) is 44.6 Å². The lowest BCUT2D eigenvalue weighted by Gasteiger charge is -2.23. The van der Waals surface area contributed by atoms with Crippen molar-refractivity contribution >= 4 is 10.0 Å². The molecule has 1 aromatic heterocycles. The number of hydrogen-bond acceptors (Lipinski definition) is 5. The van der Waals surface area contributed by atoms with Crippen LogP contribution in [0.25, 0.3) is 0 Å². The maximum absolute atomic E-state index is 12.2. The third kappa shape index (κ3) is 3.16. The summed E-state index contributed by atoms with van der Waals surface area (Å²) in [6.45, 7) is 7.80. The predicted octanol–water partition coefficient (Wildman–Crippen LogP) is 1.05. The summed E-state index contributed by atoms with van der Waals surface area (Å²) in [6.07, 6.45) is 2.39. The molecule has 108 valence electrons. The number of nitrogens with zero attached hydrogens (tertiary/aromatic N) is 2. The molecule has 1 saturated heterocycles. The SMILES string of the molecule is Cc1noc(C)c1S(=O)(=O)NC[C@H](C)N1CCCC1. The van der Waals surface area contributed by atoms with Crippen LogP contribution in [-0.4, -0.2) is 44.2 Å². The van der Waals surface area contributed by atoms with Crippen molar-refractivity contribution in [1.82, 2.24) is 14.8 Å². The molecule has 0 unspecified atom stereocenters. The van der Waals surface area contributed by atoms with Gasteiger partial charge in [0.15, 0.2) is 5.76 Å². The third-order valence-corrected chi connectivity index (χ3v) is 5.24. The van der Waals surface area contributed by atoms with Gasteiger partial charge in [-0.15, -0.1) is 0 Å². The van der Waals surface area contributed by atoms with Crippen molar-refractivity contribution in [3.8, 4) is 0 Å². The highest BCUT2D eigenvalue weighted by atomic mass is 32.2. The van der Waals surface area contributed by atoms with Crippen LogP contribution in [0, 0.1) is 13.8 Å². The minimum atomic E-state index is -3.54. The molecular formula is C12H21N3O3S. The third-order valence-electron chi connectivity index (χ3n) is 3.57. The number of sulfonamides is 1. The van der Waals surface area contributed by atoms with Gasteiger partial charge in [0.05, 0.1) is 0 Å². The Kier molecular flexibility index (Phi) is 4.27. The second-order valence-corrected chi connectivity index (χ2v) is 6.80. The minimum Gasteiger partial charge on any atom is -0.360 e. The molecule has 7 heteroatoms. The lowest BCUT2D eigenvalue weighted by atomic mass is 10.3. The van der Waals surface area contributed by atoms with Gasteiger partial charge >= 0.3 is 0 Å². The first-order valence-electron chi connectivity index (χ1n) is 6.58. The molecule has 2 heterocycles. The van der Waals surface area contributed by atoms with Crippen LogP contribution in [0.3, 0.4) is 0 Å². The quantitative estimate of drug-likeness (QED) is 0.876. The van der Waals surface area contributed by atoms with Gasteiger partial charge in [0.2, 0.25) is 10.0 Å². The maximum Gasteiger partial charge on any atom is 0.246 e. The smallest absolute Gasteiger partial charge is 0.246 e. The summed E-state index contributed by atoms with van der Waals surface area (Å²) in [5, 5.41) is 3.68. The fraction of sp³-hybridized carbons (Fsp3) is 0.750. The molecule has 1 atom stereocenters. The summed E-state index contributed by atoms with van der Waals surface area (Å²) >= 11 is 0. The van der Waals surface area contributed by atoms with Crippen LogP contribution in [0.15, 0.2) is 9.42 Å². The van der Waals surface area contributed by atoms with Crippen LogP contribution in [0.2, 0.25) is 0 Å². The van der Waals surface area contributed by atoms with Crippen molar-refractivity contribution in [3.63, 3.8) is 0 Å². The molecule has 2 rings (SSSR count). The molecule has 1 aliphatic rings. The standard InChI is InChI=1S/C12H21N3O3S/c1-9(15-6-4-5-7-15)8-13-19(16,17)12-10(2)14-18-11(12)3/h9,13H,4-8H2,1-3H3/t9-/m0/s1. The molecule has 1 N–H and O–H groups in total. The lowest BCUT2D eigenvalue weighted by Crippen LogP contribution is -2.40. The fourth-order valence-corrected chi connectivity index (χ4v) is 3.92. The van der Waals surface area contributed by atoms with E-state index in [0.717, 1.165) is 13.1 Å². The Labute approximate surface area is 114 Å². The van der Waals surface area contributed by atoms with Gasteiger partial charge in [0, 0.05) is 12.6 Å². The molecule has 0 amide bonds. The van der Waals surface area contributed by atoms with Crippen LogP contribution < -0.4 is 4.72 Å². The van der Waals surface area contributed by atoms with Gasteiger partial charge in [-0.25, -0.2) is 13.1 Å². The van der Waals surface area contributed by atoms with Gasteiger partial charge in [-0.05, 0) is 46.7 Å². The molecule has 0 saturated carbocycles. The zero-order valence-electron chi connectivity index (χ0n) is 11.6. The molecule has 1 aliphatic heterocycles. The molecule has 0 spiro atoms. The summed E-state index contributed by atoms with van der Waals surface area (Å²) in [6, 6.07) is 0.206. The second-order valence-electron chi connectivity index (χ2n) is 5.10. The Morgan fingerprint density at radius 3 is 2.53 bits per heavy atom. The molecular weight excluding hydrogens is 266 g/mol. The van der Waals surface area contributed by atoms with Gasteiger partial charge in [-0.3, -0.25) is 4.90 Å². The van der Waals surface area contributed by atoms with Crippen LogP contribution in [0.1, 0.15) is 31.2 Å². The molecule has 1 fully saturated rings. The van der Waals surface area contributed by atoms with E-state index in [9.17, 15) is 8.42 Å². The van der Waals surface area contributed by atoms with E-state index >= 15 is 0 Å². The number of rotatable bonds is 5. The van der Waals surface area contributed by atoms with E-state index in [1.807, 2.05) is 6.92 Å². The maximum atomic E-state index is 12.2. The van der Waals surface area contributed by atoms with Crippen molar-refractivity contribution in [2.24, 2.45) is 0 Å². The molecule has 0 aliphatic carbocycles.